The zero-order valence-corrected chi connectivity index (χ0v) is 14.9. The Morgan fingerprint density at radius 1 is 1.21 bits per heavy atom. The van der Waals surface area contributed by atoms with Gasteiger partial charge in [-0.05, 0) is 37.1 Å². The fraction of sp³-hybridized carbons (Fsp3) is 0.444. The van der Waals surface area contributed by atoms with Crippen LogP contribution in [0.1, 0.15) is 18.5 Å². The number of nitrogens with zero attached hydrogens (tertiary/aromatic N) is 4. The molecule has 0 aromatic carbocycles. The minimum absolute atomic E-state index is 0.838. The normalized spacial score (nSPS) is 11.4. The van der Waals surface area contributed by atoms with Crippen LogP contribution in [0, 0.1) is 0 Å². The van der Waals surface area contributed by atoms with Gasteiger partial charge in [-0.15, -0.1) is 0 Å². The molecule has 0 saturated carbocycles. The third-order valence-corrected chi connectivity index (χ3v) is 3.88. The summed E-state index contributed by atoms with van der Waals surface area (Å²) in [4.78, 5) is 10.7. The van der Waals surface area contributed by atoms with Crippen LogP contribution in [-0.2, 0) is 13.6 Å². The van der Waals surface area contributed by atoms with Gasteiger partial charge in [0.2, 0.25) is 0 Å². The first-order chi connectivity index (χ1) is 11.7. The SMILES string of the molecule is CN=C(NCCCCNc1ccccn1)N(C)Cc1cccn1C. The lowest BCUT2D eigenvalue weighted by atomic mass is 10.3. The lowest BCUT2D eigenvalue weighted by Gasteiger charge is -2.22. The van der Waals surface area contributed by atoms with Crippen molar-refractivity contribution >= 4 is 11.8 Å². The Kier molecular flexibility index (Phi) is 7.14. The Morgan fingerprint density at radius 3 is 2.71 bits per heavy atom. The molecular weight excluding hydrogens is 300 g/mol. The zero-order chi connectivity index (χ0) is 17.2. The molecule has 6 heteroatoms. The predicted molar refractivity (Wildman–Crippen MR) is 100 cm³/mol. The first-order valence-electron chi connectivity index (χ1n) is 8.37. The number of aromatic nitrogens is 2. The maximum Gasteiger partial charge on any atom is 0.193 e. The third-order valence-electron chi connectivity index (χ3n) is 3.88. The molecule has 0 unspecified atom stereocenters. The number of rotatable bonds is 8. The first-order valence-corrected chi connectivity index (χ1v) is 8.37. The highest BCUT2D eigenvalue weighted by atomic mass is 15.3. The van der Waals surface area contributed by atoms with E-state index in [1.165, 1.54) is 5.69 Å². The van der Waals surface area contributed by atoms with Gasteiger partial charge in [0.05, 0.1) is 6.54 Å². The van der Waals surface area contributed by atoms with Crippen LogP contribution in [0.5, 0.6) is 0 Å². The molecule has 0 atom stereocenters. The largest absolute Gasteiger partial charge is 0.370 e. The van der Waals surface area contributed by atoms with Crippen LogP contribution < -0.4 is 10.6 Å². The van der Waals surface area contributed by atoms with E-state index >= 15 is 0 Å². The Balaban J connectivity index is 1.63. The van der Waals surface area contributed by atoms with Crippen molar-refractivity contribution in [3.05, 3.63) is 48.4 Å². The maximum absolute atomic E-state index is 4.36. The lowest BCUT2D eigenvalue weighted by Crippen LogP contribution is -2.39. The molecule has 2 aromatic rings. The Morgan fingerprint density at radius 2 is 2.04 bits per heavy atom. The van der Waals surface area contributed by atoms with E-state index in [2.05, 4.69) is 62.5 Å². The molecule has 0 fully saturated rings. The van der Waals surface area contributed by atoms with E-state index in [9.17, 15) is 0 Å². The summed E-state index contributed by atoms with van der Waals surface area (Å²) in [5, 5.41) is 6.75. The highest BCUT2D eigenvalue weighted by Gasteiger charge is 2.07. The average Bonchev–Trinajstić information content (AvgIpc) is 3.00. The fourth-order valence-electron chi connectivity index (χ4n) is 2.50. The highest BCUT2D eigenvalue weighted by Crippen LogP contribution is 2.04. The van der Waals surface area contributed by atoms with Crippen molar-refractivity contribution in [2.45, 2.75) is 19.4 Å². The van der Waals surface area contributed by atoms with Gasteiger partial charge in [0, 0.05) is 52.3 Å². The van der Waals surface area contributed by atoms with Crippen LogP contribution in [-0.4, -0.2) is 47.6 Å². The van der Waals surface area contributed by atoms with Crippen LogP contribution in [0.3, 0.4) is 0 Å². The Labute approximate surface area is 144 Å². The van der Waals surface area contributed by atoms with Crippen LogP contribution >= 0.6 is 0 Å². The summed E-state index contributed by atoms with van der Waals surface area (Å²) in [6.45, 7) is 2.68. The third kappa shape index (κ3) is 5.61. The number of unbranched alkanes of at least 4 members (excludes halogenated alkanes) is 1. The number of aryl methyl sites for hydroxylation is 1. The van der Waals surface area contributed by atoms with E-state index in [1.54, 1.807) is 6.20 Å². The van der Waals surface area contributed by atoms with E-state index < -0.39 is 0 Å². The van der Waals surface area contributed by atoms with Crippen molar-refractivity contribution < 1.29 is 0 Å². The molecule has 0 aliphatic carbocycles. The van der Waals surface area contributed by atoms with Crippen LogP contribution in [0.4, 0.5) is 5.82 Å². The summed E-state index contributed by atoms with van der Waals surface area (Å²) in [6, 6.07) is 10.1. The first kappa shape index (κ1) is 17.8. The number of pyridine rings is 1. The van der Waals surface area contributed by atoms with Gasteiger partial charge in [0.1, 0.15) is 5.82 Å². The fourth-order valence-corrected chi connectivity index (χ4v) is 2.50. The van der Waals surface area contributed by atoms with Crippen molar-refractivity contribution in [3.63, 3.8) is 0 Å². The molecule has 0 bridgehead atoms. The number of aliphatic imine (C=N–C) groups is 1. The highest BCUT2D eigenvalue weighted by molar-refractivity contribution is 5.79. The Hall–Kier alpha value is -2.50. The summed E-state index contributed by atoms with van der Waals surface area (Å²) in [6.07, 6.45) is 6.03. The quantitative estimate of drug-likeness (QED) is 0.444. The van der Waals surface area contributed by atoms with E-state index in [-0.39, 0.29) is 0 Å². The van der Waals surface area contributed by atoms with E-state index in [4.69, 9.17) is 0 Å². The number of hydrogen-bond acceptors (Lipinski definition) is 3. The molecule has 0 saturated heterocycles. The molecule has 0 radical (unpaired) electrons. The Bertz CT molecular complexity index is 619. The van der Waals surface area contributed by atoms with Gasteiger partial charge in [-0.2, -0.15) is 0 Å². The van der Waals surface area contributed by atoms with Crippen molar-refractivity contribution in [1.29, 1.82) is 0 Å². The standard InChI is InChI=1S/C18H28N6/c1-19-18(24(3)15-16-9-8-14-23(16)2)22-13-7-6-12-21-17-10-4-5-11-20-17/h4-5,8-11,14H,6-7,12-13,15H2,1-3H3,(H,19,22)(H,20,21). The van der Waals surface area contributed by atoms with Gasteiger partial charge in [-0.3, -0.25) is 4.99 Å². The van der Waals surface area contributed by atoms with Crippen molar-refractivity contribution in [3.8, 4) is 0 Å². The number of guanidine groups is 1. The molecular formula is C18H28N6. The second-order valence-electron chi connectivity index (χ2n) is 5.79. The van der Waals surface area contributed by atoms with Gasteiger partial charge in [-0.1, -0.05) is 6.07 Å². The minimum Gasteiger partial charge on any atom is -0.370 e. The molecule has 2 rings (SSSR count). The van der Waals surface area contributed by atoms with E-state index in [1.807, 2.05) is 25.2 Å². The second-order valence-corrected chi connectivity index (χ2v) is 5.79. The summed E-state index contributed by atoms with van der Waals surface area (Å²) in [5.41, 5.74) is 1.26. The van der Waals surface area contributed by atoms with Crippen molar-refractivity contribution in [1.82, 2.24) is 19.8 Å². The van der Waals surface area contributed by atoms with Gasteiger partial charge < -0.3 is 20.1 Å². The van der Waals surface area contributed by atoms with Gasteiger partial charge in [0.25, 0.3) is 0 Å². The molecule has 0 aliphatic heterocycles. The summed E-state index contributed by atoms with van der Waals surface area (Å²) in [7, 11) is 5.95. The zero-order valence-electron chi connectivity index (χ0n) is 14.9. The molecule has 2 heterocycles. The van der Waals surface area contributed by atoms with Crippen molar-refractivity contribution in [2.75, 3.05) is 32.5 Å². The van der Waals surface area contributed by atoms with Crippen LogP contribution in [0.2, 0.25) is 0 Å². The maximum atomic E-state index is 4.36. The van der Waals surface area contributed by atoms with Crippen LogP contribution in [0.25, 0.3) is 0 Å². The van der Waals surface area contributed by atoms with E-state index in [0.717, 1.165) is 44.3 Å². The minimum atomic E-state index is 0.838. The lowest BCUT2D eigenvalue weighted by molar-refractivity contribution is 0.460. The average molecular weight is 328 g/mol. The van der Waals surface area contributed by atoms with E-state index in [0.29, 0.717) is 0 Å². The van der Waals surface area contributed by atoms with Gasteiger partial charge >= 0.3 is 0 Å². The molecule has 130 valence electrons. The number of anilines is 1. The topological polar surface area (TPSA) is 57.5 Å². The summed E-state index contributed by atoms with van der Waals surface area (Å²) >= 11 is 0. The predicted octanol–water partition coefficient (Wildman–Crippen LogP) is 2.32. The summed E-state index contributed by atoms with van der Waals surface area (Å²) < 4.78 is 2.13. The molecule has 2 N–H and O–H groups in total. The molecule has 0 aliphatic rings. The number of nitrogens with one attached hydrogen (secondary N) is 2. The summed E-state index contributed by atoms with van der Waals surface area (Å²) in [5.74, 6) is 1.86. The monoisotopic (exact) mass is 328 g/mol. The van der Waals surface area contributed by atoms with Crippen LogP contribution in [0.15, 0.2) is 47.7 Å². The number of hydrogen-bond donors (Lipinski definition) is 2. The molecule has 6 nitrogen and oxygen atoms in total. The molecule has 24 heavy (non-hydrogen) atoms. The molecule has 2 aromatic heterocycles. The second kappa shape index (κ2) is 9.60. The molecule has 0 spiro atoms. The van der Waals surface area contributed by atoms with Gasteiger partial charge in [0.15, 0.2) is 5.96 Å². The smallest absolute Gasteiger partial charge is 0.193 e. The van der Waals surface area contributed by atoms with Gasteiger partial charge in [-0.25, -0.2) is 4.98 Å². The van der Waals surface area contributed by atoms with Crippen molar-refractivity contribution in [2.24, 2.45) is 12.0 Å². The molecule has 0 amide bonds.